The van der Waals surface area contributed by atoms with E-state index in [0.29, 0.717) is 19.3 Å². The molecule has 0 aromatic heterocycles. The van der Waals surface area contributed by atoms with E-state index in [9.17, 15) is 14.4 Å². The molecule has 0 unspecified atom stereocenters. The third kappa shape index (κ3) is 52.3. The van der Waals surface area contributed by atoms with Gasteiger partial charge in [0, 0.05) is 19.3 Å². The van der Waals surface area contributed by atoms with Crippen molar-refractivity contribution in [3.8, 4) is 0 Å². The van der Waals surface area contributed by atoms with Crippen LogP contribution in [0.2, 0.25) is 0 Å². The first-order valence-electron chi connectivity index (χ1n) is 28.6. The van der Waals surface area contributed by atoms with E-state index in [1.807, 2.05) is 0 Å². The summed E-state index contributed by atoms with van der Waals surface area (Å²) in [7, 11) is 0. The molecule has 0 amide bonds. The number of unbranched alkanes of at least 4 members (excludes halogenated alkanes) is 33. The third-order valence-corrected chi connectivity index (χ3v) is 12.5. The van der Waals surface area contributed by atoms with E-state index in [-0.39, 0.29) is 31.1 Å². The molecule has 0 spiro atoms. The summed E-state index contributed by atoms with van der Waals surface area (Å²) in [5.41, 5.74) is 0. The second kappa shape index (κ2) is 55.0. The maximum Gasteiger partial charge on any atom is 0.306 e. The van der Waals surface area contributed by atoms with Crippen LogP contribution in [0.3, 0.4) is 0 Å². The molecule has 0 saturated carbocycles. The van der Waals surface area contributed by atoms with Crippen molar-refractivity contribution in [1.82, 2.24) is 0 Å². The summed E-state index contributed by atoms with van der Waals surface area (Å²) in [5.74, 6) is -0.898. The number of allylic oxidation sites excluding steroid dienone is 8. The fourth-order valence-electron chi connectivity index (χ4n) is 8.17. The lowest BCUT2D eigenvalue weighted by molar-refractivity contribution is -0.167. The molecule has 0 saturated heterocycles. The van der Waals surface area contributed by atoms with Gasteiger partial charge in [0.25, 0.3) is 0 Å². The van der Waals surface area contributed by atoms with Crippen molar-refractivity contribution in [2.45, 2.75) is 303 Å². The zero-order chi connectivity index (χ0) is 47.9. The molecular weight excluding hydrogens is 817 g/mol. The van der Waals surface area contributed by atoms with Crippen LogP contribution in [0.5, 0.6) is 0 Å². The Morgan fingerprint density at radius 2 is 0.545 bits per heavy atom. The first-order valence-corrected chi connectivity index (χ1v) is 28.6. The summed E-state index contributed by atoms with van der Waals surface area (Å²) in [5, 5.41) is 0. The lowest BCUT2D eigenvalue weighted by atomic mass is 10.1. The molecular formula is C60H108O6. The highest BCUT2D eigenvalue weighted by molar-refractivity contribution is 5.71. The maximum atomic E-state index is 12.8. The average molecular weight is 926 g/mol. The highest BCUT2D eigenvalue weighted by Crippen LogP contribution is 2.15. The van der Waals surface area contributed by atoms with Crippen molar-refractivity contribution >= 4 is 17.9 Å². The van der Waals surface area contributed by atoms with Gasteiger partial charge in [0.15, 0.2) is 6.10 Å². The molecule has 1 atom stereocenters. The van der Waals surface area contributed by atoms with Crippen LogP contribution >= 0.6 is 0 Å². The fraction of sp³-hybridized carbons (Fsp3) is 0.817. The Kier molecular flexibility index (Phi) is 52.8. The van der Waals surface area contributed by atoms with Crippen molar-refractivity contribution in [1.29, 1.82) is 0 Å². The zero-order valence-corrected chi connectivity index (χ0v) is 44.0. The van der Waals surface area contributed by atoms with E-state index < -0.39 is 6.10 Å². The van der Waals surface area contributed by atoms with Crippen molar-refractivity contribution in [3.63, 3.8) is 0 Å². The summed E-state index contributed by atoms with van der Waals surface area (Å²) in [6, 6.07) is 0. The van der Waals surface area contributed by atoms with E-state index in [2.05, 4.69) is 69.4 Å². The van der Waals surface area contributed by atoms with E-state index in [1.54, 1.807) is 0 Å². The summed E-state index contributed by atoms with van der Waals surface area (Å²) in [4.78, 5) is 38.1. The Balaban J connectivity index is 4.37. The Hall–Kier alpha value is -2.63. The van der Waals surface area contributed by atoms with E-state index in [0.717, 1.165) is 89.9 Å². The first-order chi connectivity index (χ1) is 32.5. The number of esters is 3. The van der Waals surface area contributed by atoms with Crippen molar-refractivity contribution in [3.05, 3.63) is 48.6 Å². The first kappa shape index (κ1) is 63.4. The molecule has 0 fully saturated rings. The summed E-state index contributed by atoms with van der Waals surface area (Å²) < 4.78 is 16.8. The minimum absolute atomic E-state index is 0.0824. The molecule has 0 aromatic rings. The van der Waals surface area contributed by atoms with E-state index in [1.165, 1.54) is 167 Å². The molecule has 0 heterocycles. The normalized spacial score (nSPS) is 12.3. The number of hydrogen-bond acceptors (Lipinski definition) is 6. The maximum absolute atomic E-state index is 12.8. The van der Waals surface area contributed by atoms with Gasteiger partial charge >= 0.3 is 17.9 Å². The molecule has 0 aliphatic rings. The molecule has 6 nitrogen and oxygen atoms in total. The minimum Gasteiger partial charge on any atom is -0.462 e. The second-order valence-corrected chi connectivity index (χ2v) is 19.2. The van der Waals surface area contributed by atoms with Gasteiger partial charge in [0.2, 0.25) is 0 Å². The van der Waals surface area contributed by atoms with Crippen LogP contribution in [0, 0.1) is 0 Å². The highest BCUT2D eigenvalue weighted by atomic mass is 16.6. The number of rotatable bonds is 52. The van der Waals surface area contributed by atoms with Gasteiger partial charge in [-0.25, -0.2) is 0 Å². The molecule has 6 heteroatoms. The molecule has 0 aliphatic heterocycles. The van der Waals surface area contributed by atoms with Gasteiger partial charge in [0.05, 0.1) is 0 Å². The van der Waals surface area contributed by atoms with Gasteiger partial charge in [-0.3, -0.25) is 14.4 Å². The Labute approximate surface area is 409 Å². The van der Waals surface area contributed by atoms with Gasteiger partial charge in [-0.05, 0) is 103 Å². The van der Waals surface area contributed by atoms with E-state index in [4.69, 9.17) is 14.2 Å². The number of carbonyl (C=O) groups is 3. The van der Waals surface area contributed by atoms with Gasteiger partial charge in [-0.15, -0.1) is 0 Å². The quantitative estimate of drug-likeness (QED) is 0.0262. The van der Waals surface area contributed by atoms with Gasteiger partial charge in [-0.1, -0.05) is 223 Å². The van der Waals surface area contributed by atoms with Crippen LogP contribution in [0.4, 0.5) is 0 Å². The lowest BCUT2D eigenvalue weighted by Gasteiger charge is -2.18. The predicted molar refractivity (Wildman–Crippen MR) is 284 cm³/mol. The van der Waals surface area contributed by atoms with Crippen LogP contribution < -0.4 is 0 Å². The summed E-state index contributed by atoms with van der Waals surface area (Å²) in [6.07, 6.45) is 66.7. The van der Waals surface area contributed by atoms with Gasteiger partial charge in [0.1, 0.15) is 13.2 Å². The molecule has 0 aliphatic carbocycles. The fourth-order valence-corrected chi connectivity index (χ4v) is 8.17. The smallest absolute Gasteiger partial charge is 0.306 e. The third-order valence-electron chi connectivity index (χ3n) is 12.5. The highest BCUT2D eigenvalue weighted by Gasteiger charge is 2.19. The Bertz CT molecular complexity index is 1150. The van der Waals surface area contributed by atoms with Crippen LogP contribution in [0.1, 0.15) is 297 Å². The molecule has 0 radical (unpaired) electrons. The standard InChI is InChI=1S/C60H108O6/c1-4-7-10-13-16-19-22-25-28-29-30-31-33-35-38-41-44-47-50-53-59(62)65-56-57(55-64-58(61)52-49-46-43-40-37-34-27-24-21-18-15-12-9-6-3)66-60(63)54-51-48-45-42-39-36-32-26-23-20-17-14-11-8-5-2/h17,20,24,26-27,29-30,32,57H,4-16,18-19,21-23,25,28,31,33-56H2,1-3H3/b20-17-,27-24-,30-29-,32-26-/t57-/m1/s1. The lowest BCUT2D eigenvalue weighted by Crippen LogP contribution is -2.30. The number of ether oxygens (including phenoxy) is 3. The average Bonchev–Trinajstić information content (AvgIpc) is 3.31. The molecule has 0 bridgehead atoms. The Morgan fingerprint density at radius 1 is 0.303 bits per heavy atom. The minimum atomic E-state index is -0.785. The molecule has 0 rings (SSSR count). The predicted octanol–water partition coefficient (Wildman–Crippen LogP) is 19.0. The van der Waals surface area contributed by atoms with Gasteiger partial charge < -0.3 is 14.2 Å². The SMILES string of the molecule is CCCCC/C=C\C/C=C\CCCCCCCC(=O)O[C@H](COC(=O)CCCCCCC/C=C\CCCCCCC)COC(=O)CCCCCCCCC/C=C\CCCCCCCCCC. The Morgan fingerprint density at radius 3 is 0.879 bits per heavy atom. The zero-order valence-electron chi connectivity index (χ0n) is 44.0. The van der Waals surface area contributed by atoms with Crippen LogP contribution in [0.25, 0.3) is 0 Å². The van der Waals surface area contributed by atoms with Crippen molar-refractivity contribution in [2.24, 2.45) is 0 Å². The molecule has 0 N–H and O–H groups in total. The van der Waals surface area contributed by atoms with Crippen LogP contribution in [-0.2, 0) is 28.6 Å². The monoisotopic (exact) mass is 925 g/mol. The summed E-state index contributed by atoms with van der Waals surface area (Å²) in [6.45, 7) is 6.61. The van der Waals surface area contributed by atoms with Crippen LogP contribution in [0.15, 0.2) is 48.6 Å². The number of carbonyl (C=O) groups excluding carboxylic acids is 3. The van der Waals surface area contributed by atoms with Crippen molar-refractivity contribution in [2.75, 3.05) is 13.2 Å². The molecule has 66 heavy (non-hydrogen) atoms. The van der Waals surface area contributed by atoms with Crippen LogP contribution in [-0.4, -0.2) is 37.2 Å². The molecule has 0 aromatic carbocycles. The molecule has 384 valence electrons. The van der Waals surface area contributed by atoms with E-state index >= 15 is 0 Å². The number of hydrogen-bond donors (Lipinski definition) is 0. The van der Waals surface area contributed by atoms with Crippen molar-refractivity contribution < 1.29 is 28.6 Å². The summed E-state index contributed by atoms with van der Waals surface area (Å²) >= 11 is 0. The topological polar surface area (TPSA) is 78.9 Å². The van der Waals surface area contributed by atoms with Gasteiger partial charge in [-0.2, -0.15) is 0 Å². The second-order valence-electron chi connectivity index (χ2n) is 19.2. The largest absolute Gasteiger partial charge is 0.462 e.